The third-order valence-corrected chi connectivity index (χ3v) is 5.17. The summed E-state index contributed by atoms with van der Waals surface area (Å²) in [7, 11) is 1.56. The second kappa shape index (κ2) is 10.7. The minimum atomic E-state index is 0.00427. The lowest BCUT2D eigenvalue weighted by atomic mass is 10.1. The number of ether oxygens (including phenoxy) is 2. The minimum Gasteiger partial charge on any atom is -0.493 e. The average Bonchev–Trinajstić information content (AvgIpc) is 3.20. The molecule has 30 heavy (non-hydrogen) atoms. The highest BCUT2D eigenvalue weighted by Gasteiger charge is 2.18. The summed E-state index contributed by atoms with van der Waals surface area (Å²) in [6.45, 7) is 5.62. The molecule has 0 saturated heterocycles. The maximum absolute atomic E-state index is 12.8. The predicted octanol–water partition coefficient (Wildman–Crippen LogP) is 5.19. The third kappa shape index (κ3) is 5.57. The first kappa shape index (κ1) is 21.8. The Labute approximate surface area is 181 Å². The fourth-order valence-corrected chi connectivity index (χ4v) is 3.71. The molecule has 0 saturated carbocycles. The molecule has 2 aromatic carbocycles. The lowest BCUT2D eigenvalue weighted by Crippen LogP contribution is -2.32. The van der Waals surface area contributed by atoms with Gasteiger partial charge in [-0.3, -0.25) is 4.79 Å². The van der Waals surface area contributed by atoms with E-state index >= 15 is 0 Å². The van der Waals surface area contributed by atoms with Gasteiger partial charge in [-0.1, -0.05) is 44.2 Å². The van der Waals surface area contributed by atoms with Gasteiger partial charge in [-0.05, 0) is 36.6 Å². The van der Waals surface area contributed by atoms with E-state index < -0.39 is 0 Å². The zero-order chi connectivity index (χ0) is 21.3. The molecule has 1 aromatic heterocycles. The average molecular weight is 426 g/mol. The molecule has 6 nitrogen and oxygen atoms in total. The van der Waals surface area contributed by atoms with Crippen LogP contribution in [0.1, 0.15) is 48.4 Å². The number of hydrogen-bond acceptors (Lipinski definition) is 6. The number of nitrogens with zero attached hydrogens (tertiary/aromatic N) is 3. The third-order valence-electron chi connectivity index (χ3n) is 4.54. The van der Waals surface area contributed by atoms with E-state index in [0.717, 1.165) is 31.5 Å². The fraction of sp³-hybridized carbons (Fsp3) is 0.348. The van der Waals surface area contributed by atoms with Crippen molar-refractivity contribution in [1.29, 1.82) is 0 Å². The second-order valence-corrected chi connectivity index (χ2v) is 7.61. The Morgan fingerprint density at radius 1 is 1.03 bits per heavy atom. The monoisotopic (exact) mass is 425 g/mol. The van der Waals surface area contributed by atoms with Gasteiger partial charge in [0.05, 0.1) is 7.11 Å². The number of aromatic nitrogens is 2. The zero-order valence-corrected chi connectivity index (χ0v) is 18.4. The first-order chi connectivity index (χ1) is 14.6. The van der Waals surface area contributed by atoms with Crippen molar-refractivity contribution in [3.05, 3.63) is 65.5 Å². The Morgan fingerprint density at radius 2 is 1.77 bits per heavy atom. The van der Waals surface area contributed by atoms with Crippen molar-refractivity contribution in [2.75, 3.05) is 20.2 Å². The summed E-state index contributed by atoms with van der Waals surface area (Å²) in [6.07, 6.45) is 2.49. The van der Waals surface area contributed by atoms with Crippen molar-refractivity contribution >= 4 is 17.4 Å². The van der Waals surface area contributed by atoms with E-state index in [1.807, 2.05) is 35.2 Å². The fourth-order valence-electron chi connectivity index (χ4n) is 3.15. The van der Waals surface area contributed by atoms with Crippen LogP contribution in [0.15, 0.2) is 48.5 Å². The summed E-state index contributed by atoms with van der Waals surface area (Å²) >= 11 is 1.20. The van der Waals surface area contributed by atoms with Gasteiger partial charge in [-0.2, -0.15) is 9.36 Å². The lowest BCUT2D eigenvalue weighted by molar-refractivity contribution is 0.0755. The number of hydrogen-bond donors (Lipinski definition) is 0. The summed E-state index contributed by atoms with van der Waals surface area (Å²) in [4.78, 5) is 19.2. The van der Waals surface area contributed by atoms with Gasteiger partial charge >= 0.3 is 0 Å². The van der Waals surface area contributed by atoms with Crippen LogP contribution in [0.2, 0.25) is 0 Å². The Balaban J connectivity index is 1.73. The van der Waals surface area contributed by atoms with Crippen LogP contribution in [0.5, 0.6) is 16.7 Å². The van der Waals surface area contributed by atoms with Crippen LogP contribution in [-0.4, -0.2) is 40.4 Å². The molecule has 0 aliphatic rings. The Hall–Kier alpha value is -2.93. The molecule has 0 fully saturated rings. The van der Waals surface area contributed by atoms with Crippen molar-refractivity contribution in [3.8, 4) is 16.7 Å². The number of rotatable bonds is 10. The van der Waals surface area contributed by atoms with Crippen molar-refractivity contribution in [3.63, 3.8) is 0 Å². The first-order valence-electron chi connectivity index (χ1n) is 10.2. The van der Waals surface area contributed by atoms with E-state index in [0.29, 0.717) is 34.5 Å². The van der Waals surface area contributed by atoms with Crippen molar-refractivity contribution in [2.45, 2.75) is 33.1 Å². The molecule has 7 heteroatoms. The molecule has 3 aromatic rings. The van der Waals surface area contributed by atoms with Gasteiger partial charge < -0.3 is 14.4 Å². The molecule has 0 aliphatic carbocycles. The largest absolute Gasteiger partial charge is 0.493 e. The summed E-state index contributed by atoms with van der Waals surface area (Å²) in [5.74, 6) is 1.72. The van der Waals surface area contributed by atoms with Crippen molar-refractivity contribution in [2.24, 2.45) is 0 Å². The maximum atomic E-state index is 12.8. The van der Waals surface area contributed by atoms with E-state index in [2.05, 4.69) is 23.2 Å². The molecule has 1 amide bonds. The van der Waals surface area contributed by atoms with E-state index in [1.165, 1.54) is 11.5 Å². The zero-order valence-electron chi connectivity index (χ0n) is 17.6. The molecule has 0 aliphatic heterocycles. The van der Waals surface area contributed by atoms with Gasteiger partial charge in [0, 0.05) is 36.6 Å². The molecule has 158 valence electrons. The second-order valence-electron chi connectivity index (χ2n) is 6.90. The topological polar surface area (TPSA) is 64.6 Å². The molecule has 3 rings (SSSR count). The Morgan fingerprint density at radius 3 is 2.43 bits per heavy atom. The maximum Gasteiger partial charge on any atom is 0.298 e. The molecular formula is C23H27N3O3S. The Kier molecular flexibility index (Phi) is 7.79. The van der Waals surface area contributed by atoms with E-state index in [-0.39, 0.29) is 5.91 Å². The smallest absolute Gasteiger partial charge is 0.298 e. The van der Waals surface area contributed by atoms with Crippen LogP contribution in [-0.2, 0) is 6.42 Å². The Bertz CT molecular complexity index is 953. The van der Waals surface area contributed by atoms with Gasteiger partial charge in [-0.25, -0.2) is 0 Å². The molecular weight excluding hydrogens is 398 g/mol. The molecule has 0 radical (unpaired) electrons. The molecule has 0 atom stereocenters. The standard InChI is InChI=1S/C23H27N3O3S/c1-4-13-26(14-5-2)22(27)18-11-12-19(20(16-18)28-3)29-23-24-21(25-30-23)15-17-9-7-6-8-10-17/h6-12,16H,4-5,13-15H2,1-3H3. The van der Waals surface area contributed by atoms with Crippen LogP contribution in [0.3, 0.4) is 0 Å². The highest BCUT2D eigenvalue weighted by atomic mass is 32.1. The number of amides is 1. The van der Waals surface area contributed by atoms with Gasteiger partial charge in [0.15, 0.2) is 17.3 Å². The minimum absolute atomic E-state index is 0.00427. The summed E-state index contributed by atoms with van der Waals surface area (Å²) in [5, 5.41) is 0.442. The molecule has 0 spiro atoms. The number of methoxy groups -OCH3 is 1. The van der Waals surface area contributed by atoms with Crippen LogP contribution in [0.25, 0.3) is 0 Å². The number of benzene rings is 2. The van der Waals surface area contributed by atoms with Gasteiger partial charge in [0.1, 0.15) is 0 Å². The summed E-state index contributed by atoms with van der Waals surface area (Å²) < 4.78 is 15.8. The van der Waals surface area contributed by atoms with Gasteiger partial charge in [0.2, 0.25) is 0 Å². The van der Waals surface area contributed by atoms with Crippen LogP contribution in [0, 0.1) is 0 Å². The lowest BCUT2D eigenvalue weighted by Gasteiger charge is -2.22. The summed E-state index contributed by atoms with van der Waals surface area (Å²) in [5.41, 5.74) is 1.73. The number of carbonyl (C=O) groups is 1. The SMILES string of the molecule is CCCN(CCC)C(=O)c1ccc(Oc2nc(Cc3ccccc3)ns2)c(OC)c1. The molecule has 0 N–H and O–H groups in total. The van der Waals surface area contributed by atoms with E-state index in [9.17, 15) is 4.79 Å². The quantitative estimate of drug-likeness (QED) is 0.447. The van der Waals surface area contributed by atoms with Crippen molar-refractivity contribution < 1.29 is 14.3 Å². The van der Waals surface area contributed by atoms with Crippen molar-refractivity contribution in [1.82, 2.24) is 14.3 Å². The van der Waals surface area contributed by atoms with Crippen LogP contribution in [0.4, 0.5) is 0 Å². The van der Waals surface area contributed by atoms with E-state index in [1.54, 1.807) is 25.3 Å². The van der Waals surface area contributed by atoms with Crippen LogP contribution < -0.4 is 9.47 Å². The molecule has 1 heterocycles. The summed E-state index contributed by atoms with van der Waals surface area (Å²) in [6, 6.07) is 15.3. The highest BCUT2D eigenvalue weighted by Crippen LogP contribution is 2.33. The normalized spacial score (nSPS) is 10.6. The van der Waals surface area contributed by atoms with Gasteiger partial charge in [-0.15, -0.1) is 0 Å². The van der Waals surface area contributed by atoms with E-state index in [4.69, 9.17) is 9.47 Å². The van der Waals surface area contributed by atoms with Crippen LogP contribution >= 0.6 is 11.5 Å². The molecule has 0 bridgehead atoms. The van der Waals surface area contributed by atoms with Gasteiger partial charge in [0.25, 0.3) is 11.1 Å². The molecule has 0 unspecified atom stereocenters. The first-order valence-corrected chi connectivity index (χ1v) is 10.9. The predicted molar refractivity (Wildman–Crippen MR) is 119 cm³/mol. The highest BCUT2D eigenvalue weighted by molar-refractivity contribution is 7.07. The number of carbonyl (C=O) groups excluding carboxylic acids is 1.